The zero-order chi connectivity index (χ0) is 10.6. The van der Waals surface area contributed by atoms with Crippen LogP contribution in [-0.4, -0.2) is 18.8 Å². The van der Waals surface area contributed by atoms with Crippen LogP contribution in [0.2, 0.25) is 0 Å². The van der Waals surface area contributed by atoms with Gasteiger partial charge in [0.15, 0.2) is 0 Å². The lowest BCUT2D eigenvalue weighted by Gasteiger charge is -2.12. The Morgan fingerprint density at radius 1 is 1.29 bits per heavy atom. The van der Waals surface area contributed by atoms with Crippen LogP contribution in [0.1, 0.15) is 30.3 Å². The lowest BCUT2D eigenvalue weighted by atomic mass is 10.0. The standard InChI is InChI=1S/C11H17NO2/c1-8(14-2)9-3-5-10(6-4-9)11(13)7-12/h3-6,8,11,13H,7,12H2,1-2H3. The summed E-state index contributed by atoms with van der Waals surface area (Å²) >= 11 is 0. The molecule has 0 aliphatic rings. The molecule has 78 valence electrons. The lowest BCUT2D eigenvalue weighted by molar-refractivity contribution is 0.119. The zero-order valence-electron chi connectivity index (χ0n) is 8.60. The molecule has 0 radical (unpaired) electrons. The Morgan fingerprint density at radius 2 is 1.79 bits per heavy atom. The van der Waals surface area contributed by atoms with Crippen molar-refractivity contribution in [3.63, 3.8) is 0 Å². The summed E-state index contributed by atoms with van der Waals surface area (Å²) in [6.45, 7) is 2.23. The van der Waals surface area contributed by atoms with E-state index in [9.17, 15) is 5.11 Å². The van der Waals surface area contributed by atoms with Gasteiger partial charge in [0.2, 0.25) is 0 Å². The van der Waals surface area contributed by atoms with Crippen molar-refractivity contribution in [2.24, 2.45) is 5.73 Å². The largest absolute Gasteiger partial charge is 0.387 e. The second kappa shape index (κ2) is 5.10. The van der Waals surface area contributed by atoms with E-state index in [4.69, 9.17) is 10.5 Å². The van der Waals surface area contributed by atoms with Gasteiger partial charge in [-0.2, -0.15) is 0 Å². The van der Waals surface area contributed by atoms with Gasteiger partial charge < -0.3 is 15.6 Å². The number of methoxy groups -OCH3 is 1. The van der Waals surface area contributed by atoms with Gasteiger partial charge in [0.1, 0.15) is 0 Å². The number of aliphatic hydroxyl groups is 1. The average Bonchev–Trinajstić information content (AvgIpc) is 2.27. The minimum atomic E-state index is -0.568. The lowest BCUT2D eigenvalue weighted by Crippen LogP contribution is -2.11. The molecule has 0 aliphatic heterocycles. The maximum atomic E-state index is 9.46. The molecule has 1 aromatic carbocycles. The second-order valence-corrected chi connectivity index (χ2v) is 3.30. The molecule has 3 nitrogen and oxygen atoms in total. The molecule has 0 spiro atoms. The Labute approximate surface area is 84.5 Å². The summed E-state index contributed by atoms with van der Waals surface area (Å²) in [6, 6.07) is 7.65. The van der Waals surface area contributed by atoms with Crippen LogP contribution in [0.15, 0.2) is 24.3 Å². The minimum absolute atomic E-state index is 0.0825. The molecule has 3 N–H and O–H groups in total. The van der Waals surface area contributed by atoms with Crippen molar-refractivity contribution in [3.8, 4) is 0 Å². The third-order valence-corrected chi connectivity index (χ3v) is 2.37. The van der Waals surface area contributed by atoms with Crippen LogP contribution in [0, 0.1) is 0 Å². The number of hydrogen-bond acceptors (Lipinski definition) is 3. The molecular formula is C11H17NO2. The molecule has 0 heterocycles. The molecule has 1 rings (SSSR count). The topological polar surface area (TPSA) is 55.5 Å². The van der Waals surface area contributed by atoms with Crippen molar-refractivity contribution in [3.05, 3.63) is 35.4 Å². The van der Waals surface area contributed by atoms with E-state index >= 15 is 0 Å². The SMILES string of the molecule is COC(C)c1ccc(C(O)CN)cc1. The summed E-state index contributed by atoms with van der Waals surface area (Å²) < 4.78 is 5.18. The predicted octanol–water partition coefficient (Wildman–Crippen LogP) is 1.39. The molecular weight excluding hydrogens is 178 g/mol. The normalized spacial score (nSPS) is 15.1. The van der Waals surface area contributed by atoms with Crippen LogP contribution in [0.5, 0.6) is 0 Å². The summed E-state index contributed by atoms with van der Waals surface area (Å²) in [5.41, 5.74) is 7.30. The summed E-state index contributed by atoms with van der Waals surface area (Å²) in [5, 5.41) is 9.46. The first-order valence-electron chi connectivity index (χ1n) is 4.69. The highest BCUT2D eigenvalue weighted by molar-refractivity contribution is 5.25. The van der Waals surface area contributed by atoms with Gasteiger partial charge in [-0.05, 0) is 18.1 Å². The summed E-state index contributed by atoms with van der Waals surface area (Å²) in [7, 11) is 1.67. The Balaban J connectivity index is 2.78. The smallest absolute Gasteiger partial charge is 0.0912 e. The highest BCUT2D eigenvalue weighted by Gasteiger charge is 2.06. The molecule has 2 atom stereocenters. The fourth-order valence-electron chi connectivity index (χ4n) is 1.26. The molecule has 0 aliphatic carbocycles. The maximum Gasteiger partial charge on any atom is 0.0912 e. The van der Waals surface area contributed by atoms with E-state index in [1.54, 1.807) is 7.11 Å². The van der Waals surface area contributed by atoms with Crippen LogP contribution in [-0.2, 0) is 4.74 Å². The van der Waals surface area contributed by atoms with Crippen molar-refractivity contribution in [1.29, 1.82) is 0 Å². The zero-order valence-corrected chi connectivity index (χ0v) is 8.60. The number of aliphatic hydroxyl groups excluding tert-OH is 1. The number of ether oxygens (including phenoxy) is 1. The maximum absolute atomic E-state index is 9.46. The Kier molecular flexibility index (Phi) is 4.07. The highest BCUT2D eigenvalue weighted by Crippen LogP contribution is 2.18. The third-order valence-electron chi connectivity index (χ3n) is 2.37. The summed E-state index contributed by atoms with van der Waals surface area (Å²) in [4.78, 5) is 0. The molecule has 3 heteroatoms. The molecule has 2 unspecified atom stereocenters. The van der Waals surface area contributed by atoms with E-state index < -0.39 is 6.10 Å². The van der Waals surface area contributed by atoms with E-state index in [1.807, 2.05) is 31.2 Å². The van der Waals surface area contributed by atoms with E-state index in [2.05, 4.69) is 0 Å². The van der Waals surface area contributed by atoms with Crippen molar-refractivity contribution in [1.82, 2.24) is 0 Å². The van der Waals surface area contributed by atoms with E-state index in [0.29, 0.717) is 0 Å². The summed E-state index contributed by atoms with van der Waals surface area (Å²) in [6.07, 6.45) is -0.485. The first-order valence-corrected chi connectivity index (χ1v) is 4.69. The number of benzene rings is 1. The fraction of sp³-hybridized carbons (Fsp3) is 0.455. The van der Waals surface area contributed by atoms with Gasteiger partial charge in [0.25, 0.3) is 0 Å². The Morgan fingerprint density at radius 3 is 2.21 bits per heavy atom. The van der Waals surface area contributed by atoms with Gasteiger partial charge in [-0.15, -0.1) is 0 Å². The van der Waals surface area contributed by atoms with Gasteiger partial charge in [0, 0.05) is 13.7 Å². The van der Waals surface area contributed by atoms with E-state index in [-0.39, 0.29) is 12.6 Å². The van der Waals surface area contributed by atoms with E-state index in [1.165, 1.54) is 0 Å². The van der Waals surface area contributed by atoms with Crippen LogP contribution in [0.4, 0.5) is 0 Å². The Hall–Kier alpha value is -0.900. The quantitative estimate of drug-likeness (QED) is 0.763. The molecule has 0 bridgehead atoms. The first kappa shape index (κ1) is 11.2. The van der Waals surface area contributed by atoms with Crippen LogP contribution < -0.4 is 5.73 Å². The first-order chi connectivity index (χ1) is 6.69. The molecule has 1 aromatic rings. The van der Waals surface area contributed by atoms with Gasteiger partial charge in [0.05, 0.1) is 12.2 Å². The van der Waals surface area contributed by atoms with Crippen LogP contribution in [0.3, 0.4) is 0 Å². The van der Waals surface area contributed by atoms with Crippen LogP contribution in [0.25, 0.3) is 0 Å². The van der Waals surface area contributed by atoms with Crippen molar-refractivity contribution < 1.29 is 9.84 Å². The molecule has 0 saturated heterocycles. The van der Waals surface area contributed by atoms with Gasteiger partial charge >= 0.3 is 0 Å². The predicted molar refractivity (Wildman–Crippen MR) is 55.9 cm³/mol. The monoisotopic (exact) mass is 195 g/mol. The molecule has 0 amide bonds. The molecule has 0 aromatic heterocycles. The average molecular weight is 195 g/mol. The fourth-order valence-corrected chi connectivity index (χ4v) is 1.26. The number of hydrogen-bond donors (Lipinski definition) is 2. The Bertz CT molecular complexity index is 242. The number of nitrogens with two attached hydrogens (primary N) is 1. The van der Waals surface area contributed by atoms with Gasteiger partial charge in [-0.3, -0.25) is 0 Å². The third kappa shape index (κ3) is 2.54. The molecule has 0 saturated carbocycles. The number of rotatable bonds is 4. The molecule has 0 fully saturated rings. The minimum Gasteiger partial charge on any atom is -0.387 e. The van der Waals surface area contributed by atoms with Gasteiger partial charge in [-0.1, -0.05) is 24.3 Å². The van der Waals surface area contributed by atoms with Crippen LogP contribution >= 0.6 is 0 Å². The van der Waals surface area contributed by atoms with Crippen molar-refractivity contribution in [2.45, 2.75) is 19.1 Å². The second-order valence-electron chi connectivity index (χ2n) is 3.30. The van der Waals surface area contributed by atoms with Gasteiger partial charge in [-0.25, -0.2) is 0 Å². The van der Waals surface area contributed by atoms with Crippen molar-refractivity contribution in [2.75, 3.05) is 13.7 Å². The highest BCUT2D eigenvalue weighted by atomic mass is 16.5. The molecule has 14 heavy (non-hydrogen) atoms. The van der Waals surface area contributed by atoms with Crippen molar-refractivity contribution >= 4 is 0 Å². The summed E-state index contributed by atoms with van der Waals surface area (Å²) in [5.74, 6) is 0. The van der Waals surface area contributed by atoms with E-state index in [0.717, 1.165) is 11.1 Å².